The Morgan fingerprint density at radius 2 is 0.458 bits per heavy atom. The minimum Gasteiger partial charge on any atom is -0.462 e. The van der Waals surface area contributed by atoms with Crippen LogP contribution in [0.1, 0.15) is 380 Å². The molecular formula is C77H138O6. The van der Waals surface area contributed by atoms with Crippen molar-refractivity contribution in [3.05, 3.63) is 72.9 Å². The summed E-state index contributed by atoms with van der Waals surface area (Å²) in [5, 5.41) is 0. The van der Waals surface area contributed by atoms with Crippen LogP contribution >= 0.6 is 0 Å². The predicted molar refractivity (Wildman–Crippen MR) is 362 cm³/mol. The minimum absolute atomic E-state index is 0.0776. The molecule has 6 heteroatoms. The van der Waals surface area contributed by atoms with Crippen molar-refractivity contribution in [1.29, 1.82) is 0 Å². The number of hydrogen-bond acceptors (Lipinski definition) is 6. The van der Waals surface area contributed by atoms with Crippen molar-refractivity contribution in [2.75, 3.05) is 13.2 Å². The summed E-state index contributed by atoms with van der Waals surface area (Å²) in [6.45, 7) is 6.60. The van der Waals surface area contributed by atoms with Gasteiger partial charge in [0.25, 0.3) is 0 Å². The van der Waals surface area contributed by atoms with Crippen molar-refractivity contribution >= 4 is 17.9 Å². The van der Waals surface area contributed by atoms with Crippen LogP contribution in [0.15, 0.2) is 72.9 Å². The van der Waals surface area contributed by atoms with E-state index in [4.69, 9.17) is 14.2 Å². The van der Waals surface area contributed by atoms with Gasteiger partial charge in [0, 0.05) is 19.3 Å². The lowest BCUT2D eigenvalue weighted by atomic mass is 10.0. The van der Waals surface area contributed by atoms with Gasteiger partial charge >= 0.3 is 17.9 Å². The van der Waals surface area contributed by atoms with Crippen molar-refractivity contribution in [2.45, 2.75) is 386 Å². The van der Waals surface area contributed by atoms with Gasteiger partial charge in [-0.2, -0.15) is 0 Å². The molecule has 1 unspecified atom stereocenters. The molecule has 0 aliphatic heterocycles. The number of esters is 3. The first-order valence-electron chi connectivity index (χ1n) is 36.4. The number of carbonyl (C=O) groups excluding carboxylic acids is 3. The smallest absolute Gasteiger partial charge is 0.306 e. The van der Waals surface area contributed by atoms with E-state index in [2.05, 4.69) is 93.7 Å². The first-order chi connectivity index (χ1) is 41.0. The van der Waals surface area contributed by atoms with E-state index >= 15 is 0 Å². The Bertz CT molecular complexity index is 1520. The van der Waals surface area contributed by atoms with E-state index in [0.717, 1.165) is 96.3 Å². The zero-order chi connectivity index (χ0) is 59.9. The zero-order valence-corrected chi connectivity index (χ0v) is 55.5. The van der Waals surface area contributed by atoms with Crippen LogP contribution < -0.4 is 0 Å². The number of rotatable bonds is 67. The molecule has 0 spiro atoms. The number of allylic oxidation sites excluding steroid dienone is 12. The molecule has 482 valence electrons. The van der Waals surface area contributed by atoms with E-state index in [0.29, 0.717) is 19.3 Å². The highest BCUT2D eigenvalue weighted by Gasteiger charge is 2.19. The van der Waals surface area contributed by atoms with Gasteiger partial charge < -0.3 is 14.2 Å². The van der Waals surface area contributed by atoms with E-state index in [1.807, 2.05) is 0 Å². The van der Waals surface area contributed by atoms with Crippen LogP contribution in [0.3, 0.4) is 0 Å². The van der Waals surface area contributed by atoms with Gasteiger partial charge in [0.05, 0.1) is 0 Å². The molecule has 1 atom stereocenters. The predicted octanol–water partition coefficient (Wildman–Crippen LogP) is 25.2. The van der Waals surface area contributed by atoms with E-state index in [1.165, 1.54) is 244 Å². The average Bonchev–Trinajstić information content (AvgIpc) is 3.49. The molecule has 0 N–H and O–H groups in total. The quantitative estimate of drug-likeness (QED) is 0.0261. The van der Waals surface area contributed by atoms with E-state index in [9.17, 15) is 14.4 Å². The number of ether oxygens (including phenoxy) is 3. The molecule has 0 heterocycles. The average molecular weight is 1160 g/mol. The second-order valence-electron chi connectivity index (χ2n) is 24.5. The Labute approximate surface area is 516 Å². The maximum Gasteiger partial charge on any atom is 0.306 e. The monoisotopic (exact) mass is 1160 g/mol. The van der Waals surface area contributed by atoms with Crippen molar-refractivity contribution in [2.24, 2.45) is 0 Å². The summed E-state index contributed by atoms with van der Waals surface area (Å²) >= 11 is 0. The minimum atomic E-state index is -0.783. The first-order valence-corrected chi connectivity index (χ1v) is 36.4. The van der Waals surface area contributed by atoms with Gasteiger partial charge in [0.2, 0.25) is 0 Å². The van der Waals surface area contributed by atoms with Crippen molar-refractivity contribution < 1.29 is 28.6 Å². The lowest BCUT2D eigenvalue weighted by Gasteiger charge is -2.18. The van der Waals surface area contributed by atoms with Gasteiger partial charge in [-0.15, -0.1) is 0 Å². The number of unbranched alkanes of at least 4 members (excludes halogenated alkanes) is 44. The lowest BCUT2D eigenvalue weighted by Crippen LogP contribution is -2.30. The van der Waals surface area contributed by atoms with Gasteiger partial charge in [-0.05, 0) is 109 Å². The Balaban J connectivity index is 4.21. The Morgan fingerprint density at radius 1 is 0.241 bits per heavy atom. The zero-order valence-electron chi connectivity index (χ0n) is 55.5. The summed E-state index contributed by atoms with van der Waals surface area (Å²) in [6.07, 6.45) is 93.7. The summed E-state index contributed by atoms with van der Waals surface area (Å²) < 4.78 is 17.0. The standard InChI is InChI=1S/C77H138O6/c1-4-7-10-13-16-19-22-25-27-29-31-33-34-35-36-37-38-39-40-41-42-44-45-47-49-52-55-58-61-64-67-70-76(79)82-73-74(72-81-75(78)69-66-63-60-57-54-51-24-21-18-15-12-9-6-3)83-77(80)71-68-65-62-59-56-53-50-48-46-43-32-30-28-26-23-20-17-14-11-8-5-2/h12,15,21-22,24-25,29-32,34-35,74H,4-11,13-14,16-20,23,26-28,33,36-73H2,1-3H3/b15-12-,24-21-,25-22-,31-29-,32-30-,35-34-. The molecule has 0 aromatic rings. The maximum atomic E-state index is 13.0. The molecule has 0 bridgehead atoms. The van der Waals surface area contributed by atoms with E-state index < -0.39 is 6.10 Å². The molecular weight excluding hydrogens is 1020 g/mol. The molecule has 6 nitrogen and oxygen atoms in total. The van der Waals surface area contributed by atoms with Crippen LogP contribution in [0.4, 0.5) is 0 Å². The normalized spacial score (nSPS) is 12.5. The molecule has 83 heavy (non-hydrogen) atoms. The van der Waals surface area contributed by atoms with Crippen molar-refractivity contribution in [3.8, 4) is 0 Å². The Kier molecular flexibility index (Phi) is 68.6. The molecule has 0 aliphatic rings. The Morgan fingerprint density at radius 3 is 0.735 bits per heavy atom. The fraction of sp³-hybridized carbons (Fsp3) is 0.805. The highest BCUT2D eigenvalue weighted by atomic mass is 16.6. The summed E-state index contributed by atoms with van der Waals surface area (Å²) in [7, 11) is 0. The van der Waals surface area contributed by atoms with Gasteiger partial charge in [0.1, 0.15) is 13.2 Å². The van der Waals surface area contributed by atoms with Crippen LogP contribution in [0, 0.1) is 0 Å². The third-order valence-corrected chi connectivity index (χ3v) is 16.1. The van der Waals surface area contributed by atoms with Gasteiger partial charge in [-0.3, -0.25) is 14.4 Å². The van der Waals surface area contributed by atoms with Crippen LogP contribution in [-0.4, -0.2) is 37.2 Å². The first kappa shape index (κ1) is 79.8. The van der Waals surface area contributed by atoms with Crippen LogP contribution in [-0.2, 0) is 28.6 Å². The topological polar surface area (TPSA) is 78.9 Å². The van der Waals surface area contributed by atoms with Gasteiger partial charge in [0.15, 0.2) is 6.10 Å². The van der Waals surface area contributed by atoms with Crippen LogP contribution in [0.5, 0.6) is 0 Å². The molecule has 0 saturated heterocycles. The summed E-state index contributed by atoms with van der Waals surface area (Å²) in [5.74, 6) is -0.874. The SMILES string of the molecule is CCC/C=C\C/C=C\CCCCCCCC(=O)OCC(COC(=O)CCCCCCCCCCCCCCCCCC/C=C\C/C=C\C/C=C\CCCCCCC)OC(=O)CCCCCCCCCCC/C=C\CCCCCCCCCC. The second kappa shape index (κ2) is 71.3. The number of carbonyl (C=O) groups is 3. The second-order valence-corrected chi connectivity index (χ2v) is 24.5. The molecule has 0 fully saturated rings. The Hall–Kier alpha value is -3.15. The van der Waals surface area contributed by atoms with Gasteiger partial charge in [-0.1, -0.05) is 325 Å². The summed E-state index contributed by atoms with van der Waals surface area (Å²) in [6, 6.07) is 0. The molecule has 0 aromatic carbocycles. The molecule has 0 amide bonds. The van der Waals surface area contributed by atoms with Gasteiger partial charge in [-0.25, -0.2) is 0 Å². The maximum absolute atomic E-state index is 13.0. The van der Waals surface area contributed by atoms with Crippen LogP contribution in [0.2, 0.25) is 0 Å². The molecule has 0 saturated carbocycles. The third kappa shape index (κ3) is 69.5. The molecule has 0 aliphatic carbocycles. The summed E-state index contributed by atoms with van der Waals surface area (Å²) in [5.41, 5.74) is 0. The molecule has 0 aromatic heterocycles. The largest absolute Gasteiger partial charge is 0.462 e. The fourth-order valence-electron chi connectivity index (χ4n) is 10.7. The van der Waals surface area contributed by atoms with E-state index in [1.54, 1.807) is 0 Å². The fourth-order valence-corrected chi connectivity index (χ4v) is 10.7. The third-order valence-electron chi connectivity index (χ3n) is 16.1. The lowest BCUT2D eigenvalue weighted by molar-refractivity contribution is -0.167. The van der Waals surface area contributed by atoms with Crippen molar-refractivity contribution in [3.63, 3.8) is 0 Å². The van der Waals surface area contributed by atoms with Crippen LogP contribution in [0.25, 0.3) is 0 Å². The highest BCUT2D eigenvalue weighted by molar-refractivity contribution is 5.71. The molecule has 0 rings (SSSR count). The van der Waals surface area contributed by atoms with E-state index in [-0.39, 0.29) is 31.1 Å². The van der Waals surface area contributed by atoms with Crippen molar-refractivity contribution in [1.82, 2.24) is 0 Å². The highest BCUT2D eigenvalue weighted by Crippen LogP contribution is 2.18. The molecule has 0 radical (unpaired) electrons. The summed E-state index contributed by atoms with van der Waals surface area (Å²) in [4.78, 5) is 38.4. The number of hydrogen-bond donors (Lipinski definition) is 0.